The van der Waals surface area contributed by atoms with Crippen LogP contribution in [0.4, 0.5) is 10.5 Å². The predicted molar refractivity (Wildman–Crippen MR) is 101 cm³/mol. The molecule has 2 aromatic heterocycles. The van der Waals surface area contributed by atoms with Crippen molar-refractivity contribution in [3.63, 3.8) is 0 Å². The van der Waals surface area contributed by atoms with E-state index >= 15 is 0 Å². The summed E-state index contributed by atoms with van der Waals surface area (Å²) in [6.07, 6.45) is 5.59. The lowest BCUT2D eigenvalue weighted by atomic mass is 9.90. The second-order valence-electron chi connectivity index (χ2n) is 6.66. The lowest BCUT2D eigenvalue weighted by molar-refractivity contribution is 0.194. The van der Waals surface area contributed by atoms with E-state index < -0.39 is 0 Å². The number of benzene rings is 1. The van der Waals surface area contributed by atoms with Crippen molar-refractivity contribution < 1.29 is 4.79 Å². The molecule has 2 amide bonds. The van der Waals surface area contributed by atoms with Crippen molar-refractivity contribution in [3.8, 4) is 5.69 Å². The first-order valence-electron chi connectivity index (χ1n) is 9.02. The molecular weight excluding hydrogens is 342 g/mol. The Labute approximate surface area is 157 Å². The predicted octanol–water partition coefficient (Wildman–Crippen LogP) is 2.78. The number of likely N-dealkylation sites (tertiary alicyclic amines) is 1. The zero-order valence-electron chi connectivity index (χ0n) is 15.1. The van der Waals surface area contributed by atoms with Crippen LogP contribution in [0.3, 0.4) is 0 Å². The lowest BCUT2D eigenvalue weighted by Gasteiger charge is -2.32. The Morgan fingerprint density at radius 3 is 2.41 bits per heavy atom. The lowest BCUT2D eigenvalue weighted by Crippen LogP contribution is -2.40. The Morgan fingerprint density at radius 1 is 1.07 bits per heavy atom. The minimum Gasteiger partial charge on any atom is -0.324 e. The molecule has 1 aromatic carbocycles. The monoisotopic (exact) mass is 363 g/mol. The first-order valence-corrected chi connectivity index (χ1v) is 9.02. The summed E-state index contributed by atoms with van der Waals surface area (Å²) in [5.74, 6) is 1.21. The minimum absolute atomic E-state index is 0.0606. The van der Waals surface area contributed by atoms with E-state index in [2.05, 4.69) is 38.0 Å². The number of rotatable bonds is 3. The number of anilines is 1. The number of hydrogen-bond donors (Lipinski definition) is 1. The number of carbonyl (C=O) groups excluding carboxylic acids is 1. The molecule has 0 bridgehead atoms. The molecule has 0 atom stereocenters. The van der Waals surface area contributed by atoms with Gasteiger partial charge in [-0.3, -0.25) is 4.98 Å². The van der Waals surface area contributed by atoms with Gasteiger partial charge in [-0.05, 0) is 78.1 Å². The van der Waals surface area contributed by atoms with Crippen molar-refractivity contribution in [1.82, 2.24) is 30.1 Å². The number of aromatic nitrogens is 5. The van der Waals surface area contributed by atoms with Gasteiger partial charge in [-0.25, -0.2) is 4.79 Å². The highest BCUT2D eigenvalue weighted by atomic mass is 16.2. The molecule has 27 heavy (non-hydrogen) atoms. The van der Waals surface area contributed by atoms with E-state index in [0.717, 1.165) is 37.3 Å². The van der Waals surface area contributed by atoms with Crippen LogP contribution in [0.5, 0.6) is 0 Å². The maximum Gasteiger partial charge on any atom is 0.321 e. The number of amides is 2. The van der Waals surface area contributed by atoms with E-state index in [4.69, 9.17) is 0 Å². The van der Waals surface area contributed by atoms with Crippen molar-refractivity contribution in [2.45, 2.75) is 25.7 Å². The van der Waals surface area contributed by atoms with Crippen LogP contribution in [0, 0.1) is 6.92 Å². The van der Waals surface area contributed by atoms with E-state index in [1.165, 1.54) is 5.56 Å². The molecule has 1 N–H and O–H groups in total. The van der Waals surface area contributed by atoms with E-state index in [0.29, 0.717) is 11.7 Å². The summed E-state index contributed by atoms with van der Waals surface area (Å²) in [7, 11) is 0. The van der Waals surface area contributed by atoms with Gasteiger partial charge in [0.05, 0.1) is 5.69 Å². The van der Waals surface area contributed by atoms with Crippen molar-refractivity contribution >= 4 is 11.7 Å². The third kappa shape index (κ3) is 3.79. The highest BCUT2D eigenvalue weighted by molar-refractivity contribution is 5.89. The second kappa shape index (κ2) is 7.53. The Hall–Kier alpha value is -3.29. The van der Waals surface area contributed by atoms with Crippen LogP contribution in [0.25, 0.3) is 5.69 Å². The van der Waals surface area contributed by atoms with Gasteiger partial charge >= 0.3 is 6.03 Å². The average Bonchev–Trinajstić information content (AvgIpc) is 3.15. The fourth-order valence-corrected chi connectivity index (χ4v) is 3.41. The molecule has 3 heterocycles. The smallest absolute Gasteiger partial charge is 0.321 e. The van der Waals surface area contributed by atoms with E-state index in [1.807, 2.05) is 48.5 Å². The van der Waals surface area contributed by atoms with Gasteiger partial charge in [0.25, 0.3) is 0 Å². The summed E-state index contributed by atoms with van der Waals surface area (Å²) in [5, 5.41) is 14.4. The first kappa shape index (κ1) is 17.1. The van der Waals surface area contributed by atoms with Crippen molar-refractivity contribution in [2.24, 2.45) is 0 Å². The molecule has 0 unspecified atom stereocenters. The van der Waals surface area contributed by atoms with Gasteiger partial charge in [0.2, 0.25) is 0 Å². The maximum atomic E-state index is 12.5. The molecule has 4 rings (SSSR count). The molecule has 138 valence electrons. The fourth-order valence-electron chi connectivity index (χ4n) is 3.41. The SMILES string of the molecule is Cc1nnnn1-c1ccc(NC(=O)N2CCC(c3ccncc3)CC2)cc1. The number of hydrogen-bond acceptors (Lipinski definition) is 5. The number of piperidine rings is 1. The second-order valence-corrected chi connectivity index (χ2v) is 6.66. The molecule has 0 spiro atoms. The number of carbonyl (C=O) groups is 1. The third-order valence-electron chi connectivity index (χ3n) is 4.95. The Bertz CT molecular complexity index is 899. The zero-order valence-corrected chi connectivity index (χ0v) is 15.1. The van der Waals surface area contributed by atoms with E-state index in [1.54, 1.807) is 4.68 Å². The molecule has 1 aliphatic heterocycles. The number of tetrazole rings is 1. The highest BCUT2D eigenvalue weighted by Crippen LogP contribution is 2.27. The fraction of sp³-hybridized carbons (Fsp3) is 0.316. The van der Waals surface area contributed by atoms with Crippen molar-refractivity contribution in [3.05, 3.63) is 60.2 Å². The summed E-state index contributed by atoms with van der Waals surface area (Å²) < 4.78 is 1.65. The van der Waals surface area contributed by atoms with Gasteiger partial charge in [0.15, 0.2) is 5.82 Å². The van der Waals surface area contributed by atoms with E-state index in [9.17, 15) is 4.79 Å². The van der Waals surface area contributed by atoms with Crippen LogP contribution in [-0.2, 0) is 0 Å². The number of nitrogens with one attached hydrogen (secondary N) is 1. The maximum absolute atomic E-state index is 12.5. The molecule has 8 heteroatoms. The molecule has 3 aromatic rings. The summed E-state index contributed by atoms with van der Waals surface area (Å²) >= 11 is 0. The quantitative estimate of drug-likeness (QED) is 0.773. The molecule has 8 nitrogen and oxygen atoms in total. The number of nitrogens with zero attached hydrogens (tertiary/aromatic N) is 6. The minimum atomic E-state index is -0.0606. The Balaban J connectivity index is 1.34. The number of aryl methyl sites for hydroxylation is 1. The number of pyridine rings is 1. The van der Waals surface area contributed by atoms with Crippen LogP contribution >= 0.6 is 0 Å². The van der Waals surface area contributed by atoms with E-state index in [-0.39, 0.29) is 6.03 Å². The van der Waals surface area contributed by atoms with Crippen LogP contribution in [0.15, 0.2) is 48.8 Å². The molecular formula is C19H21N7O. The van der Waals surface area contributed by atoms with Crippen LogP contribution in [-0.4, -0.2) is 49.2 Å². The molecule has 1 aliphatic rings. The normalized spacial score (nSPS) is 14.9. The third-order valence-corrected chi connectivity index (χ3v) is 4.95. The average molecular weight is 363 g/mol. The first-order chi connectivity index (χ1) is 13.2. The summed E-state index contributed by atoms with van der Waals surface area (Å²) in [4.78, 5) is 18.5. The van der Waals surface area contributed by atoms with Gasteiger partial charge in [-0.15, -0.1) is 5.10 Å². The van der Waals surface area contributed by atoms with Crippen molar-refractivity contribution in [1.29, 1.82) is 0 Å². The zero-order chi connectivity index (χ0) is 18.6. The van der Waals surface area contributed by atoms with Crippen LogP contribution in [0.2, 0.25) is 0 Å². The van der Waals surface area contributed by atoms with Gasteiger partial charge < -0.3 is 10.2 Å². The van der Waals surface area contributed by atoms with Crippen LogP contribution in [0.1, 0.15) is 30.1 Å². The summed E-state index contributed by atoms with van der Waals surface area (Å²) in [6, 6.07) is 11.6. The summed E-state index contributed by atoms with van der Waals surface area (Å²) in [6.45, 7) is 3.34. The molecule has 0 radical (unpaired) electrons. The van der Waals surface area contributed by atoms with Gasteiger partial charge in [0.1, 0.15) is 0 Å². The van der Waals surface area contributed by atoms with Gasteiger partial charge in [0, 0.05) is 31.2 Å². The standard InChI is InChI=1S/C19H21N7O/c1-14-22-23-24-26(14)18-4-2-17(3-5-18)21-19(27)25-12-8-16(9-13-25)15-6-10-20-11-7-15/h2-7,10-11,16H,8-9,12-13H2,1H3,(H,21,27). The largest absolute Gasteiger partial charge is 0.324 e. The molecule has 1 fully saturated rings. The Morgan fingerprint density at radius 2 is 1.78 bits per heavy atom. The molecule has 1 saturated heterocycles. The van der Waals surface area contributed by atoms with Gasteiger partial charge in [-0.2, -0.15) is 4.68 Å². The Kier molecular flexibility index (Phi) is 4.78. The van der Waals surface area contributed by atoms with Gasteiger partial charge in [-0.1, -0.05) is 0 Å². The highest BCUT2D eigenvalue weighted by Gasteiger charge is 2.23. The molecule has 0 saturated carbocycles. The van der Waals surface area contributed by atoms with Crippen LogP contribution < -0.4 is 5.32 Å². The van der Waals surface area contributed by atoms with Crippen molar-refractivity contribution in [2.75, 3.05) is 18.4 Å². The summed E-state index contributed by atoms with van der Waals surface area (Å²) in [5.41, 5.74) is 2.91. The topological polar surface area (TPSA) is 88.8 Å². The molecule has 0 aliphatic carbocycles. The number of urea groups is 1.